The molecule has 5 heteroatoms. The van der Waals surface area contributed by atoms with Gasteiger partial charge in [0.15, 0.2) is 11.5 Å². The Balaban J connectivity index is 3.17. The summed E-state index contributed by atoms with van der Waals surface area (Å²) in [6.07, 6.45) is 1.44. The van der Waals surface area contributed by atoms with Crippen molar-refractivity contribution in [3.05, 3.63) is 12.0 Å². The van der Waals surface area contributed by atoms with Gasteiger partial charge in [-0.25, -0.2) is 10.5 Å². The highest BCUT2D eigenvalue weighted by Crippen LogP contribution is 2.08. The third-order valence-corrected chi connectivity index (χ3v) is 1.15. The van der Waals surface area contributed by atoms with Crippen LogP contribution < -0.4 is 5.48 Å². The number of nitrogens with zero attached hydrogens (tertiary/aromatic N) is 3. The van der Waals surface area contributed by atoms with Gasteiger partial charge in [0, 0.05) is 7.05 Å². The fourth-order valence-corrected chi connectivity index (χ4v) is 0.644. The first-order valence-corrected chi connectivity index (χ1v) is 2.61. The second-order valence-electron chi connectivity index (χ2n) is 1.78. The van der Waals surface area contributed by atoms with E-state index in [9.17, 15) is 0 Å². The summed E-state index contributed by atoms with van der Waals surface area (Å²) in [4.78, 5) is 3.68. The molecule has 0 aromatic carbocycles. The molecule has 0 atom stereocenters. The van der Waals surface area contributed by atoms with Crippen LogP contribution in [-0.2, 0) is 7.05 Å². The zero-order chi connectivity index (χ0) is 7.56. The Morgan fingerprint density at radius 3 is 3.00 bits per heavy atom. The van der Waals surface area contributed by atoms with Crippen molar-refractivity contribution in [2.75, 3.05) is 5.48 Å². The van der Waals surface area contributed by atoms with Gasteiger partial charge in [0.25, 0.3) is 0 Å². The zero-order valence-corrected chi connectivity index (χ0v) is 5.37. The van der Waals surface area contributed by atoms with Gasteiger partial charge in [0.05, 0.1) is 6.33 Å². The van der Waals surface area contributed by atoms with Crippen molar-refractivity contribution in [1.29, 1.82) is 5.26 Å². The fourth-order valence-electron chi connectivity index (χ4n) is 0.644. The Morgan fingerprint density at radius 2 is 2.60 bits per heavy atom. The van der Waals surface area contributed by atoms with Crippen LogP contribution in [0.5, 0.6) is 0 Å². The topological polar surface area (TPSA) is 73.9 Å². The Morgan fingerprint density at radius 1 is 1.90 bits per heavy atom. The zero-order valence-electron chi connectivity index (χ0n) is 5.37. The maximum Gasteiger partial charge on any atom is 0.186 e. The summed E-state index contributed by atoms with van der Waals surface area (Å²) in [7, 11) is 1.67. The third kappa shape index (κ3) is 0.806. The van der Waals surface area contributed by atoms with Gasteiger partial charge in [-0.05, 0) is 0 Å². The number of imidazole rings is 1. The molecule has 1 heterocycles. The summed E-state index contributed by atoms with van der Waals surface area (Å²) < 4.78 is 1.51. The molecule has 0 saturated heterocycles. The molecule has 0 radical (unpaired) electrons. The Kier molecular flexibility index (Phi) is 1.56. The molecule has 0 bridgehead atoms. The number of hydrogen-bond donors (Lipinski definition) is 2. The van der Waals surface area contributed by atoms with Gasteiger partial charge in [-0.2, -0.15) is 5.26 Å². The molecule has 0 aliphatic carbocycles. The largest absolute Gasteiger partial charge is 0.324 e. The molecular formula is C5H6N4O. The number of rotatable bonds is 1. The summed E-state index contributed by atoms with van der Waals surface area (Å²) in [5.74, 6) is 0.185. The molecule has 1 rings (SSSR count). The van der Waals surface area contributed by atoms with Crippen molar-refractivity contribution in [2.45, 2.75) is 0 Å². The molecule has 52 valence electrons. The van der Waals surface area contributed by atoms with Crippen LogP contribution in [0.1, 0.15) is 5.69 Å². The molecule has 1 aromatic heterocycles. The molecule has 2 N–H and O–H groups in total. The van der Waals surface area contributed by atoms with Crippen LogP contribution in [0.2, 0.25) is 0 Å². The van der Waals surface area contributed by atoms with Crippen molar-refractivity contribution >= 4 is 5.82 Å². The molecule has 5 nitrogen and oxygen atoms in total. The minimum Gasteiger partial charge on any atom is -0.324 e. The quantitative estimate of drug-likeness (QED) is 0.539. The van der Waals surface area contributed by atoms with Crippen LogP contribution in [0.3, 0.4) is 0 Å². The lowest BCUT2D eigenvalue weighted by molar-refractivity contribution is 0.386. The number of nitriles is 1. The fraction of sp³-hybridized carbons (Fsp3) is 0.200. The molecular weight excluding hydrogens is 132 g/mol. The van der Waals surface area contributed by atoms with Crippen LogP contribution in [0.4, 0.5) is 5.82 Å². The van der Waals surface area contributed by atoms with Crippen LogP contribution in [-0.4, -0.2) is 14.8 Å². The highest BCUT2D eigenvalue weighted by atomic mass is 16.5. The summed E-state index contributed by atoms with van der Waals surface area (Å²) in [6, 6.07) is 1.87. The van der Waals surface area contributed by atoms with Crippen LogP contribution in [0, 0.1) is 11.3 Å². The summed E-state index contributed by atoms with van der Waals surface area (Å²) in [6.45, 7) is 0. The lowest BCUT2D eigenvalue weighted by atomic mass is 10.5. The summed E-state index contributed by atoms with van der Waals surface area (Å²) >= 11 is 0. The third-order valence-electron chi connectivity index (χ3n) is 1.15. The number of nitrogens with one attached hydrogen (secondary N) is 1. The molecule has 10 heavy (non-hydrogen) atoms. The van der Waals surface area contributed by atoms with Crippen molar-refractivity contribution < 1.29 is 5.21 Å². The van der Waals surface area contributed by atoms with Gasteiger partial charge in [-0.1, -0.05) is 0 Å². The van der Waals surface area contributed by atoms with Gasteiger partial charge in [0.1, 0.15) is 6.07 Å². The number of hydrogen-bond acceptors (Lipinski definition) is 4. The first kappa shape index (κ1) is 6.58. The van der Waals surface area contributed by atoms with E-state index in [0.717, 1.165) is 0 Å². The van der Waals surface area contributed by atoms with Gasteiger partial charge >= 0.3 is 0 Å². The normalized spacial score (nSPS) is 8.90. The van der Waals surface area contributed by atoms with Crippen LogP contribution in [0.15, 0.2) is 6.33 Å². The summed E-state index contributed by atoms with van der Waals surface area (Å²) in [5, 5.41) is 16.8. The van der Waals surface area contributed by atoms with Gasteiger partial charge in [0.2, 0.25) is 0 Å². The molecule has 0 aliphatic rings. The summed E-state index contributed by atoms with van der Waals surface area (Å²) in [5.41, 5.74) is 2.12. The van der Waals surface area contributed by atoms with Crippen molar-refractivity contribution in [1.82, 2.24) is 9.55 Å². The lowest BCUT2D eigenvalue weighted by Gasteiger charge is -1.92. The van der Waals surface area contributed by atoms with Crippen molar-refractivity contribution in [3.63, 3.8) is 0 Å². The Bertz CT molecular complexity index is 272. The van der Waals surface area contributed by atoms with Crippen molar-refractivity contribution in [3.8, 4) is 6.07 Å². The van der Waals surface area contributed by atoms with Gasteiger partial charge in [-0.3, -0.25) is 5.21 Å². The number of anilines is 1. The molecule has 1 aromatic rings. The smallest absolute Gasteiger partial charge is 0.186 e. The van der Waals surface area contributed by atoms with Crippen molar-refractivity contribution in [2.24, 2.45) is 7.05 Å². The minimum absolute atomic E-state index is 0.185. The Hall–Kier alpha value is -1.54. The highest BCUT2D eigenvalue weighted by Gasteiger charge is 2.04. The van der Waals surface area contributed by atoms with Crippen LogP contribution in [0.25, 0.3) is 0 Å². The molecule has 0 saturated carbocycles. The average Bonchev–Trinajstić information content (AvgIpc) is 2.30. The first-order valence-electron chi connectivity index (χ1n) is 2.61. The van der Waals surface area contributed by atoms with Crippen LogP contribution >= 0.6 is 0 Å². The molecule has 0 amide bonds. The second-order valence-corrected chi connectivity index (χ2v) is 1.78. The maximum atomic E-state index is 8.46. The predicted octanol–water partition coefficient (Wildman–Crippen LogP) is 0.0929. The lowest BCUT2D eigenvalue weighted by Crippen LogP contribution is -1.95. The Labute approximate surface area is 57.5 Å². The number of aryl methyl sites for hydroxylation is 1. The highest BCUT2D eigenvalue weighted by molar-refractivity contribution is 5.46. The molecule has 0 fully saturated rings. The van der Waals surface area contributed by atoms with E-state index in [-0.39, 0.29) is 5.82 Å². The van der Waals surface area contributed by atoms with Gasteiger partial charge in [-0.15, -0.1) is 0 Å². The van der Waals surface area contributed by atoms with E-state index in [1.165, 1.54) is 10.9 Å². The molecule has 0 spiro atoms. The van der Waals surface area contributed by atoms with E-state index in [4.69, 9.17) is 10.5 Å². The van der Waals surface area contributed by atoms with E-state index in [1.54, 1.807) is 7.05 Å². The molecule has 0 aliphatic heterocycles. The second kappa shape index (κ2) is 2.37. The van der Waals surface area contributed by atoms with E-state index in [2.05, 4.69) is 4.98 Å². The first-order chi connectivity index (χ1) is 4.79. The van der Waals surface area contributed by atoms with E-state index in [1.807, 2.05) is 11.5 Å². The van der Waals surface area contributed by atoms with E-state index < -0.39 is 0 Å². The standard InChI is InChI=1S/C5H6N4O/c1-9-3-7-5(8-10)4(9)2-6/h3,8,10H,1H3. The van der Waals surface area contributed by atoms with E-state index >= 15 is 0 Å². The molecule has 0 unspecified atom stereocenters. The number of aromatic nitrogens is 2. The average molecular weight is 138 g/mol. The SMILES string of the molecule is Cn1cnc(NO)c1C#N. The predicted molar refractivity (Wildman–Crippen MR) is 33.3 cm³/mol. The monoisotopic (exact) mass is 138 g/mol. The minimum atomic E-state index is 0.185. The maximum absolute atomic E-state index is 8.46. The van der Waals surface area contributed by atoms with Gasteiger partial charge < -0.3 is 4.57 Å². The van der Waals surface area contributed by atoms with E-state index in [0.29, 0.717) is 5.69 Å².